The molecule has 2 N–H and O–H groups in total. The number of nitrogens with zero attached hydrogens (tertiary/aromatic N) is 1. The molecule has 2 aromatic rings. The molecular formula is C16H19ClN2. The van der Waals surface area contributed by atoms with E-state index in [0.29, 0.717) is 12.5 Å². The van der Waals surface area contributed by atoms with Crippen molar-refractivity contribution >= 4 is 11.6 Å². The standard InChI is InChI=1S/C16H19ClN2/c17-15-5-3-4-13(12-15)7-8-14(9-10-18)16-6-1-2-11-19-16/h1-6,11-12,14H,7-10,18H2. The molecule has 1 aromatic carbocycles. The molecule has 3 heteroatoms. The molecule has 0 saturated heterocycles. The van der Waals surface area contributed by atoms with Crippen LogP contribution in [0.4, 0.5) is 0 Å². The topological polar surface area (TPSA) is 38.9 Å². The van der Waals surface area contributed by atoms with Crippen LogP contribution in [0.3, 0.4) is 0 Å². The van der Waals surface area contributed by atoms with E-state index in [-0.39, 0.29) is 0 Å². The van der Waals surface area contributed by atoms with Gasteiger partial charge < -0.3 is 5.73 Å². The van der Waals surface area contributed by atoms with E-state index in [9.17, 15) is 0 Å². The van der Waals surface area contributed by atoms with E-state index in [2.05, 4.69) is 17.1 Å². The molecule has 0 spiro atoms. The minimum Gasteiger partial charge on any atom is -0.330 e. The van der Waals surface area contributed by atoms with Crippen LogP contribution in [0.25, 0.3) is 0 Å². The number of rotatable bonds is 6. The minimum absolute atomic E-state index is 0.421. The summed E-state index contributed by atoms with van der Waals surface area (Å²) >= 11 is 6.01. The highest BCUT2D eigenvalue weighted by molar-refractivity contribution is 6.30. The van der Waals surface area contributed by atoms with Crippen molar-refractivity contribution in [2.24, 2.45) is 5.73 Å². The van der Waals surface area contributed by atoms with Gasteiger partial charge in [-0.25, -0.2) is 0 Å². The summed E-state index contributed by atoms with van der Waals surface area (Å²) in [4.78, 5) is 4.45. The Morgan fingerprint density at radius 2 is 2.00 bits per heavy atom. The van der Waals surface area contributed by atoms with Gasteiger partial charge in [0.25, 0.3) is 0 Å². The Bertz CT molecular complexity index is 499. The number of pyridine rings is 1. The first-order valence-corrected chi connectivity index (χ1v) is 7.03. The molecule has 2 rings (SSSR count). The fraction of sp³-hybridized carbons (Fsp3) is 0.312. The summed E-state index contributed by atoms with van der Waals surface area (Å²) in [5, 5.41) is 0.797. The SMILES string of the molecule is NCCC(CCc1cccc(Cl)c1)c1ccccn1. The number of hydrogen-bond donors (Lipinski definition) is 1. The van der Waals surface area contributed by atoms with Gasteiger partial charge in [0.2, 0.25) is 0 Å². The van der Waals surface area contributed by atoms with Gasteiger partial charge in [0, 0.05) is 22.8 Å². The van der Waals surface area contributed by atoms with Gasteiger partial charge in [-0.2, -0.15) is 0 Å². The van der Waals surface area contributed by atoms with Crippen LogP contribution in [0.2, 0.25) is 5.02 Å². The van der Waals surface area contributed by atoms with Crippen LogP contribution in [-0.2, 0) is 6.42 Å². The second-order valence-electron chi connectivity index (χ2n) is 4.70. The molecule has 0 bridgehead atoms. The van der Waals surface area contributed by atoms with Crippen molar-refractivity contribution in [1.29, 1.82) is 0 Å². The summed E-state index contributed by atoms with van der Waals surface area (Å²) in [5.41, 5.74) is 8.11. The number of halogens is 1. The van der Waals surface area contributed by atoms with Gasteiger partial charge in [0.05, 0.1) is 0 Å². The first kappa shape index (κ1) is 14.0. The maximum absolute atomic E-state index is 6.01. The molecule has 2 nitrogen and oxygen atoms in total. The van der Waals surface area contributed by atoms with Gasteiger partial charge in [-0.1, -0.05) is 29.8 Å². The number of benzene rings is 1. The van der Waals surface area contributed by atoms with Crippen LogP contribution < -0.4 is 5.73 Å². The lowest BCUT2D eigenvalue weighted by atomic mass is 9.93. The highest BCUT2D eigenvalue weighted by Gasteiger charge is 2.12. The lowest BCUT2D eigenvalue weighted by molar-refractivity contribution is 0.570. The highest BCUT2D eigenvalue weighted by atomic mass is 35.5. The predicted octanol–water partition coefficient (Wildman–Crippen LogP) is 3.80. The Morgan fingerprint density at radius 3 is 2.68 bits per heavy atom. The van der Waals surface area contributed by atoms with Crippen molar-refractivity contribution in [2.75, 3.05) is 6.54 Å². The molecule has 1 heterocycles. The summed E-state index contributed by atoms with van der Waals surface area (Å²) in [6, 6.07) is 14.1. The summed E-state index contributed by atoms with van der Waals surface area (Å²) in [6.07, 6.45) is 4.87. The normalized spacial score (nSPS) is 12.3. The summed E-state index contributed by atoms with van der Waals surface area (Å²) in [6.45, 7) is 0.691. The molecule has 0 fully saturated rings. The van der Waals surface area contributed by atoms with E-state index in [0.717, 1.165) is 30.0 Å². The van der Waals surface area contributed by atoms with Gasteiger partial charge in [-0.3, -0.25) is 4.98 Å². The van der Waals surface area contributed by atoms with Crippen LogP contribution in [-0.4, -0.2) is 11.5 Å². The van der Waals surface area contributed by atoms with Gasteiger partial charge in [-0.05, 0) is 55.6 Å². The Morgan fingerprint density at radius 1 is 1.11 bits per heavy atom. The maximum atomic E-state index is 6.01. The molecule has 0 aliphatic carbocycles. The molecule has 0 amide bonds. The molecule has 100 valence electrons. The molecule has 0 saturated carbocycles. The van der Waals surface area contributed by atoms with Crippen molar-refractivity contribution in [2.45, 2.75) is 25.2 Å². The highest BCUT2D eigenvalue weighted by Crippen LogP contribution is 2.23. The number of aromatic nitrogens is 1. The van der Waals surface area contributed by atoms with Gasteiger partial charge in [-0.15, -0.1) is 0 Å². The second-order valence-corrected chi connectivity index (χ2v) is 5.13. The second kappa shape index (κ2) is 7.27. The summed E-state index contributed by atoms with van der Waals surface area (Å²) in [5.74, 6) is 0.421. The van der Waals surface area contributed by atoms with E-state index >= 15 is 0 Å². The molecule has 0 radical (unpaired) electrons. The average molecular weight is 275 g/mol. The Labute approximate surface area is 119 Å². The van der Waals surface area contributed by atoms with Crippen LogP contribution in [0.1, 0.15) is 30.0 Å². The van der Waals surface area contributed by atoms with Gasteiger partial charge in [0.15, 0.2) is 0 Å². The number of aryl methyl sites for hydroxylation is 1. The van der Waals surface area contributed by atoms with Crippen LogP contribution >= 0.6 is 11.6 Å². The van der Waals surface area contributed by atoms with Crippen LogP contribution in [0.5, 0.6) is 0 Å². The maximum Gasteiger partial charge on any atom is 0.0435 e. The molecular weight excluding hydrogens is 256 g/mol. The Kier molecular flexibility index (Phi) is 5.37. The van der Waals surface area contributed by atoms with Gasteiger partial charge >= 0.3 is 0 Å². The van der Waals surface area contributed by atoms with Crippen LogP contribution in [0, 0.1) is 0 Å². The smallest absolute Gasteiger partial charge is 0.0435 e. The molecule has 1 unspecified atom stereocenters. The zero-order valence-corrected chi connectivity index (χ0v) is 11.7. The van der Waals surface area contributed by atoms with E-state index in [1.807, 2.05) is 36.5 Å². The van der Waals surface area contributed by atoms with E-state index < -0.39 is 0 Å². The Hall–Kier alpha value is -1.38. The van der Waals surface area contributed by atoms with E-state index in [1.54, 1.807) is 0 Å². The minimum atomic E-state index is 0.421. The molecule has 1 aromatic heterocycles. The fourth-order valence-electron chi connectivity index (χ4n) is 2.29. The third-order valence-corrected chi connectivity index (χ3v) is 3.53. The molecule has 19 heavy (non-hydrogen) atoms. The first-order valence-electron chi connectivity index (χ1n) is 6.65. The van der Waals surface area contributed by atoms with Crippen molar-refractivity contribution in [3.05, 3.63) is 64.9 Å². The third-order valence-electron chi connectivity index (χ3n) is 3.29. The Balaban J connectivity index is 2.01. The number of hydrogen-bond acceptors (Lipinski definition) is 2. The van der Waals surface area contributed by atoms with Crippen molar-refractivity contribution in [1.82, 2.24) is 4.98 Å². The molecule has 0 aliphatic heterocycles. The zero-order valence-electron chi connectivity index (χ0n) is 10.9. The van der Waals surface area contributed by atoms with E-state index in [4.69, 9.17) is 17.3 Å². The van der Waals surface area contributed by atoms with Gasteiger partial charge in [0.1, 0.15) is 0 Å². The third kappa shape index (κ3) is 4.34. The van der Waals surface area contributed by atoms with Crippen molar-refractivity contribution in [3.63, 3.8) is 0 Å². The number of nitrogens with two attached hydrogens (primary N) is 1. The fourth-order valence-corrected chi connectivity index (χ4v) is 2.51. The lowest BCUT2D eigenvalue weighted by Gasteiger charge is -2.15. The first-order chi connectivity index (χ1) is 9.29. The predicted molar refractivity (Wildman–Crippen MR) is 80.4 cm³/mol. The molecule has 0 aliphatic rings. The quantitative estimate of drug-likeness (QED) is 0.870. The summed E-state index contributed by atoms with van der Waals surface area (Å²) in [7, 11) is 0. The van der Waals surface area contributed by atoms with E-state index in [1.165, 1.54) is 5.56 Å². The molecule has 1 atom stereocenters. The monoisotopic (exact) mass is 274 g/mol. The summed E-state index contributed by atoms with van der Waals surface area (Å²) < 4.78 is 0. The van der Waals surface area contributed by atoms with Crippen LogP contribution in [0.15, 0.2) is 48.7 Å². The average Bonchev–Trinajstić information content (AvgIpc) is 2.44. The lowest BCUT2D eigenvalue weighted by Crippen LogP contribution is -2.09. The largest absolute Gasteiger partial charge is 0.330 e. The zero-order chi connectivity index (χ0) is 13.5. The van der Waals surface area contributed by atoms with Crippen molar-refractivity contribution < 1.29 is 0 Å². The van der Waals surface area contributed by atoms with Crippen molar-refractivity contribution in [3.8, 4) is 0 Å².